The molecule has 0 aliphatic heterocycles. The molecule has 25 heavy (non-hydrogen) atoms. The maximum atomic E-state index is 12.3. The first-order valence-electron chi connectivity index (χ1n) is 8.29. The van der Waals surface area contributed by atoms with Gasteiger partial charge in [-0.15, -0.1) is 0 Å². The molecule has 0 fully saturated rings. The van der Waals surface area contributed by atoms with Gasteiger partial charge in [-0.3, -0.25) is 4.79 Å². The molecule has 1 N–H and O–H groups in total. The van der Waals surface area contributed by atoms with Crippen molar-refractivity contribution in [3.63, 3.8) is 0 Å². The number of nitrogens with one attached hydrogen (secondary N) is 1. The minimum Gasteiger partial charge on any atom is -0.493 e. The van der Waals surface area contributed by atoms with Crippen LogP contribution in [0.2, 0.25) is 0 Å². The molecule has 0 aromatic heterocycles. The standard InChI is InChI=1S/C20H25NO4/c1-14-9-11-17(12-10-14)24-13-15(2)21-20(22)16(3)25-19-8-6-5-7-18(19)23-4/h5-12,15-16H,13H2,1-4H3,(H,21,22)/t15-,16-/m0/s1. The third-order valence-corrected chi connectivity index (χ3v) is 3.65. The van der Waals surface area contributed by atoms with Crippen molar-refractivity contribution in [2.75, 3.05) is 13.7 Å². The van der Waals surface area contributed by atoms with E-state index in [9.17, 15) is 4.79 Å². The van der Waals surface area contributed by atoms with E-state index in [1.54, 1.807) is 26.2 Å². The highest BCUT2D eigenvalue weighted by atomic mass is 16.5. The predicted octanol–water partition coefficient (Wildman–Crippen LogP) is 3.35. The Kier molecular flexibility index (Phi) is 6.69. The van der Waals surface area contributed by atoms with Crippen LogP contribution in [0.1, 0.15) is 19.4 Å². The molecule has 5 nitrogen and oxygen atoms in total. The number of benzene rings is 2. The summed E-state index contributed by atoms with van der Waals surface area (Å²) in [4.78, 5) is 12.3. The van der Waals surface area contributed by atoms with Crippen LogP contribution < -0.4 is 19.5 Å². The molecule has 2 atom stereocenters. The SMILES string of the molecule is COc1ccccc1O[C@@H](C)C(=O)N[C@@H](C)COc1ccc(C)cc1. The van der Waals surface area contributed by atoms with E-state index in [1.807, 2.05) is 50.2 Å². The average molecular weight is 343 g/mol. The Labute approximate surface area is 148 Å². The van der Waals surface area contributed by atoms with Crippen molar-refractivity contribution in [3.8, 4) is 17.2 Å². The van der Waals surface area contributed by atoms with Crippen molar-refractivity contribution >= 4 is 5.91 Å². The molecule has 0 aliphatic carbocycles. The Balaban J connectivity index is 1.82. The van der Waals surface area contributed by atoms with Crippen LogP contribution in [0.3, 0.4) is 0 Å². The molecular formula is C20H25NO4. The second-order valence-corrected chi connectivity index (χ2v) is 5.94. The lowest BCUT2D eigenvalue weighted by Gasteiger charge is -2.20. The van der Waals surface area contributed by atoms with Crippen LogP contribution in [0.25, 0.3) is 0 Å². The molecule has 2 aromatic rings. The number of rotatable bonds is 8. The van der Waals surface area contributed by atoms with Gasteiger partial charge in [-0.1, -0.05) is 29.8 Å². The van der Waals surface area contributed by atoms with Gasteiger partial charge in [0.2, 0.25) is 0 Å². The van der Waals surface area contributed by atoms with Gasteiger partial charge in [0.1, 0.15) is 12.4 Å². The van der Waals surface area contributed by atoms with Gasteiger partial charge in [0, 0.05) is 0 Å². The van der Waals surface area contributed by atoms with Crippen molar-refractivity contribution in [3.05, 3.63) is 54.1 Å². The number of aryl methyl sites for hydroxylation is 1. The number of carbonyl (C=O) groups excluding carboxylic acids is 1. The van der Waals surface area contributed by atoms with Crippen molar-refractivity contribution in [2.24, 2.45) is 0 Å². The van der Waals surface area contributed by atoms with Gasteiger partial charge in [-0.25, -0.2) is 0 Å². The topological polar surface area (TPSA) is 56.8 Å². The first-order chi connectivity index (χ1) is 12.0. The third-order valence-electron chi connectivity index (χ3n) is 3.65. The normalized spacial score (nSPS) is 12.8. The molecule has 0 saturated heterocycles. The van der Waals surface area contributed by atoms with Crippen LogP contribution in [-0.4, -0.2) is 31.8 Å². The molecule has 0 radical (unpaired) electrons. The fraction of sp³-hybridized carbons (Fsp3) is 0.350. The minimum absolute atomic E-state index is 0.141. The lowest BCUT2D eigenvalue weighted by molar-refractivity contribution is -0.128. The summed E-state index contributed by atoms with van der Waals surface area (Å²) in [5.74, 6) is 1.71. The van der Waals surface area contributed by atoms with Gasteiger partial charge in [-0.05, 0) is 45.0 Å². The van der Waals surface area contributed by atoms with E-state index in [0.717, 1.165) is 5.75 Å². The molecule has 0 unspecified atom stereocenters. The van der Waals surface area contributed by atoms with Crippen molar-refractivity contribution in [1.29, 1.82) is 0 Å². The summed E-state index contributed by atoms with van der Waals surface area (Å²) in [5, 5.41) is 2.89. The van der Waals surface area contributed by atoms with Crippen LogP contribution in [-0.2, 0) is 4.79 Å². The van der Waals surface area contributed by atoms with E-state index in [2.05, 4.69) is 5.32 Å². The van der Waals surface area contributed by atoms with Gasteiger partial charge in [0.05, 0.1) is 13.2 Å². The number of ether oxygens (including phenoxy) is 3. The van der Waals surface area contributed by atoms with E-state index in [1.165, 1.54) is 5.56 Å². The molecule has 0 saturated carbocycles. The monoisotopic (exact) mass is 343 g/mol. The fourth-order valence-electron chi connectivity index (χ4n) is 2.22. The first kappa shape index (κ1) is 18.6. The second kappa shape index (κ2) is 8.97. The number of carbonyl (C=O) groups is 1. The van der Waals surface area contributed by atoms with Gasteiger partial charge in [-0.2, -0.15) is 0 Å². The lowest BCUT2D eigenvalue weighted by Crippen LogP contribution is -2.43. The Hall–Kier alpha value is -2.69. The number of hydrogen-bond donors (Lipinski definition) is 1. The van der Waals surface area contributed by atoms with E-state index >= 15 is 0 Å². The molecule has 0 aliphatic rings. The Morgan fingerprint density at radius 3 is 2.32 bits per heavy atom. The largest absolute Gasteiger partial charge is 0.493 e. The summed E-state index contributed by atoms with van der Waals surface area (Å²) in [6.07, 6.45) is -0.641. The van der Waals surface area contributed by atoms with Crippen molar-refractivity contribution in [1.82, 2.24) is 5.32 Å². The molecular weight excluding hydrogens is 318 g/mol. The van der Waals surface area contributed by atoms with Gasteiger partial charge >= 0.3 is 0 Å². The number of hydrogen-bond acceptors (Lipinski definition) is 4. The second-order valence-electron chi connectivity index (χ2n) is 5.94. The predicted molar refractivity (Wildman–Crippen MR) is 97.4 cm³/mol. The molecule has 2 rings (SSSR count). The molecule has 5 heteroatoms. The van der Waals surface area contributed by atoms with Crippen LogP contribution in [0.15, 0.2) is 48.5 Å². The smallest absolute Gasteiger partial charge is 0.261 e. The van der Waals surface area contributed by atoms with Crippen LogP contribution in [0.4, 0.5) is 0 Å². The number of para-hydroxylation sites is 2. The highest BCUT2D eigenvalue weighted by Gasteiger charge is 2.18. The Bertz CT molecular complexity index is 684. The van der Waals surface area contributed by atoms with Crippen molar-refractivity contribution in [2.45, 2.75) is 32.9 Å². The minimum atomic E-state index is -0.641. The van der Waals surface area contributed by atoms with E-state index in [0.29, 0.717) is 18.1 Å². The highest BCUT2D eigenvalue weighted by Crippen LogP contribution is 2.26. The maximum absolute atomic E-state index is 12.3. The zero-order chi connectivity index (χ0) is 18.2. The van der Waals surface area contributed by atoms with Crippen molar-refractivity contribution < 1.29 is 19.0 Å². The van der Waals surface area contributed by atoms with E-state index in [4.69, 9.17) is 14.2 Å². The summed E-state index contributed by atoms with van der Waals surface area (Å²) < 4.78 is 16.6. The van der Waals surface area contributed by atoms with Crippen LogP contribution in [0, 0.1) is 6.92 Å². The summed E-state index contributed by atoms with van der Waals surface area (Å²) >= 11 is 0. The molecule has 0 bridgehead atoms. The van der Waals surface area contributed by atoms with Crippen LogP contribution in [0.5, 0.6) is 17.2 Å². The highest BCUT2D eigenvalue weighted by molar-refractivity contribution is 5.81. The summed E-state index contributed by atoms with van der Waals surface area (Å²) in [5.41, 5.74) is 1.18. The van der Waals surface area contributed by atoms with E-state index in [-0.39, 0.29) is 11.9 Å². The zero-order valence-corrected chi connectivity index (χ0v) is 15.1. The number of amides is 1. The Morgan fingerprint density at radius 2 is 1.68 bits per heavy atom. The summed E-state index contributed by atoms with van der Waals surface area (Å²) in [6, 6.07) is 14.9. The quantitative estimate of drug-likeness (QED) is 0.798. The molecule has 0 heterocycles. The molecule has 134 valence electrons. The lowest BCUT2D eigenvalue weighted by atomic mass is 10.2. The van der Waals surface area contributed by atoms with Gasteiger partial charge < -0.3 is 19.5 Å². The third kappa shape index (κ3) is 5.71. The van der Waals surface area contributed by atoms with Crippen LogP contribution >= 0.6 is 0 Å². The molecule has 2 aromatic carbocycles. The maximum Gasteiger partial charge on any atom is 0.261 e. The van der Waals surface area contributed by atoms with Gasteiger partial charge in [0.25, 0.3) is 5.91 Å². The zero-order valence-electron chi connectivity index (χ0n) is 15.1. The first-order valence-corrected chi connectivity index (χ1v) is 8.29. The summed E-state index contributed by atoms with van der Waals surface area (Å²) in [7, 11) is 1.57. The molecule has 0 spiro atoms. The Morgan fingerprint density at radius 1 is 1.04 bits per heavy atom. The summed E-state index contributed by atoms with van der Waals surface area (Å²) in [6.45, 7) is 6.00. The molecule has 1 amide bonds. The number of methoxy groups -OCH3 is 1. The average Bonchev–Trinajstić information content (AvgIpc) is 2.61. The van der Waals surface area contributed by atoms with Gasteiger partial charge in [0.15, 0.2) is 17.6 Å². The fourth-order valence-corrected chi connectivity index (χ4v) is 2.22. The van der Waals surface area contributed by atoms with E-state index < -0.39 is 6.10 Å².